The maximum absolute atomic E-state index is 2.55. The van der Waals surface area contributed by atoms with Crippen LogP contribution in [0.2, 0.25) is 0 Å². The molecule has 0 aromatic heterocycles. The van der Waals surface area contributed by atoms with Gasteiger partial charge in [0.15, 0.2) is 0 Å². The summed E-state index contributed by atoms with van der Waals surface area (Å²) >= 11 is 0. The molecular formula is C13H25N. The molecule has 0 saturated carbocycles. The number of hydrogen-bond donors (Lipinski definition) is 0. The second kappa shape index (κ2) is 4.37. The van der Waals surface area contributed by atoms with Crippen LogP contribution in [0.4, 0.5) is 0 Å². The Labute approximate surface area is 89.2 Å². The summed E-state index contributed by atoms with van der Waals surface area (Å²) in [4.78, 5) is 2.55. The average molecular weight is 195 g/mol. The number of allylic oxidation sites excluding steroid dienone is 2. The molecule has 1 fully saturated rings. The van der Waals surface area contributed by atoms with Crippen molar-refractivity contribution in [1.29, 1.82) is 0 Å². The van der Waals surface area contributed by atoms with Crippen molar-refractivity contribution in [2.45, 2.75) is 47.5 Å². The van der Waals surface area contributed by atoms with Crippen molar-refractivity contribution in [2.75, 3.05) is 13.1 Å². The Hall–Kier alpha value is -0.460. The molecule has 82 valence electrons. The summed E-state index contributed by atoms with van der Waals surface area (Å²) in [6, 6.07) is 0. The Morgan fingerprint density at radius 3 is 2.57 bits per heavy atom. The summed E-state index contributed by atoms with van der Waals surface area (Å²) in [5.41, 5.74) is 2.00. The molecule has 0 aromatic rings. The Morgan fingerprint density at radius 2 is 2.14 bits per heavy atom. The van der Waals surface area contributed by atoms with E-state index in [1.165, 1.54) is 25.2 Å². The van der Waals surface area contributed by atoms with E-state index in [9.17, 15) is 0 Å². The average Bonchev–Trinajstić information content (AvgIpc) is 2.50. The topological polar surface area (TPSA) is 3.24 Å². The van der Waals surface area contributed by atoms with Gasteiger partial charge in [0.25, 0.3) is 0 Å². The van der Waals surface area contributed by atoms with Crippen LogP contribution in [0, 0.1) is 11.3 Å². The van der Waals surface area contributed by atoms with Crippen LogP contribution in [0.25, 0.3) is 0 Å². The molecule has 1 unspecified atom stereocenters. The first-order valence-electron chi connectivity index (χ1n) is 5.91. The van der Waals surface area contributed by atoms with Crippen molar-refractivity contribution in [3.63, 3.8) is 0 Å². The molecule has 0 amide bonds. The third-order valence-corrected chi connectivity index (χ3v) is 3.90. The van der Waals surface area contributed by atoms with E-state index in [4.69, 9.17) is 0 Å². The molecule has 1 heterocycles. The van der Waals surface area contributed by atoms with E-state index >= 15 is 0 Å². The van der Waals surface area contributed by atoms with Gasteiger partial charge in [-0.3, -0.25) is 0 Å². The first kappa shape index (κ1) is 11.6. The molecular weight excluding hydrogens is 170 g/mol. The van der Waals surface area contributed by atoms with Crippen LogP contribution in [-0.2, 0) is 0 Å². The van der Waals surface area contributed by atoms with Gasteiger partial charge in [0, 0.05) is 18.8 Å². The van der Waals surface area contributed by atoms with E-state index in [0.29, 0.717) is 5.41 Å². The highest BCUT2D eigenvalue weighted by Crippen LogP contribution is 2.38. The molecule has 14 heavy (non-hydrogen) atoms. The molecule has 1 saturated heterocycles. The third kappa shape index (κ3) is 2.31. The van der Waals surface area contributed by atoms with E-state index < -0.39 is 0 Å². The summed E-state index contributed by atoms with van der Waals surface area (Å²) in [7, 11) is 0. The van der Waals surface area contributed by atoms with E-state index in [-0.39, 0.29) is 0 Å². The van der Waals surface area contributed by atoms with Crippen molar-refractivity contribution in [2.24, 2.45) is 11.3 Å². The molecule has 1 heteroatoms. The second-order valence-corrected chi connectivity index (χ2v) is 5.23. The second-order valence-electron chi connectivity index (χ2n) is 5.23. The smallest absolute Gasteiger partial charge is 0.0231 e. The molecule has 0 radical (unpaired) electrons. The Balaban J connectivity index is 2.61. The van der Waals surface area contributed by atoms with Crippen LogP contribution in [-0.4, -0.2) is 18.0 Å². The van der Waals surface area contributed by atoms with Gasteiger partial charge < -0.3 is 4.90 Å². The van der Waals surface area contributed by atoms with Crippen LogP contribution in [0.5, 0.6) is 0 Å². The molecule has 0 bridgehead atoms. The zero-order chi connectivity index (χ0) is 10.8. The summed E-state index contributed by atoms with van der Waals surface area (Å²) in [6.45, 7) is 14.1. The lowest BCUT2D eigenvalue weighted by Crippen LogP contribution is -2.28. The standard InChI is InChI=1S/C13H25N/c1-6-7-12(4)14-9-8-13(5,10-14)11(2)3/h7,11H,6,8-10H2,1-5H3/b12-7-. The summed E-state index contributed by atoms with van der Waals surface area (Å²) in [5.74, 6) is 0.793. The van der Waals surface area contributed by atoms with Crippen LogP contribution in [0.15, 0.2) is 11.8 Å². The highest BCUT2D eigenvalue weighted by atomic mass is 15.2. The molecule has 0 aliphatic carbocycles. The maximum Gasteiger partial charge on any atom is 0.0231 e. The van der Waals surface area contributed by atoms with Gasteiger partial charge in [0.2, 0.25) is 0 Å². The van der Waals surface area contributed by atoms with Gasteiger partial charge in [-0.2, -0.15) is 0 Å². The van der Waals surface area contributed by atoms with Crippen molar-refractivity contribution in [1.82, 2.24) is 4.90 Å². The van der Waals surface area contributed by atoms with Crippen molar-refractivity contribution >= 4 is 0 Å². The number of rotatable bonds is 3. The van der Waals surface area contributed by atoms with Gasteiger partial charge in [0.05, 0.1) is 0 Å². The molecule has 1 aliphatic heterocycles. The number of hydrogen-bond acceptors (Lipinski definition) is 1. The molecule has 1 atom stereocenters. The van der Waals surface area contributed by atoms with Gasteiger partial charge in [-0.1, -0.05) is 33.8 Å². The minimum atomic E-state index is 0.531. The molecule has 1 aliphatic rings. The fourth-order valence-corrected chi connectivity index (χ4v) is 2.18. The molecule has 1 nitrogen and oxygen atoms in total. The fraction of sp³-hybridized carbons (Fsp3) is 0.846. The molecule has 0 aromatic carbocycles. The fourth-order valence-electron chi connectivity index (χ4n) is 2.18. The van der Waals surface area contributed by atoms with Crippen molar-refractivity contribution < 1.29 is 0 Å². The van der Waals surface area contributed by atoms with E-state index in [0.717, 1.165) is 12.3 Å². The van der Waals surface area contributed by atoms with Crippen molar-refractivity contribution in [3.05, 3.63) is 11.8 Å². The summed E-state index contributed by atoms with van der Waals surface area (Å²) < 4.78 is 0. The van der Waals surface area contributed by atoms with Gasteiger partial charge in [-0.15, -0.1) is 0 Å². The van der Waals surface area contributed by atoms with Crippen LogP contribution < -0.4 is 0 Å². The lowest BCUT2D eigenvalue weighted by molar-refractivity contribution is 0.225. The van der Waals surface area contributed by atoms with Crippen LogP contribution in [0.3, 0.4) is 0 Å². The van der Waals surface area contributed by atoms with E-state index in [1.807, 2.05) is 0 Å². The maximum atomic E-state index is 2.55. The Morgan fingerprint density at radius 1 is 1.50 bits per heavy atom. The summed E-state index contributed by atoms with van der Waals surface area (Å²) in [6.07, 6.45) is 4.84. The molecule has 1 rings (SSSR count). The van der Waals surface area contributed by atoms with Crippen molar-refractivity contribution in [3.8, 4) is 0 Å². The van der Waals surface area contributed by atoms with Gasteiger partial charge in [0.1, 0.15) is 0 Å². The zero-order valence-corrected chi connectivity index (χ0v) is 10.4. The zero-order valence-electron chi connectivity index (χ0n) is 10.4. The highest BCUT2D eigenvalue weighted by molar-refractivity contribution is 5.03. The Bertz CT molecular complexity index is 217. The third-order valence-electron chi connectivity index (χ3n) is 3.90. The SMILES string of the molecule is CC/C=C(/C)N1CCC(C)(C(C)C)C1. The van der Waals surface area contributed by atoms with E-state index in [1.54, 1.807) is 0 Å². The lowest BCUT2D eigenvalue weighted by Gasteiger charge is -2.29. The quantitative estimate of drug-likeness (QED) is 0.664. The van der Waals surface area contributed by atoms with E-state index in [2.05, 4.69) is 45.6 Å². The number of nitrogens with zero attached hydrogens (tertiary/aromatic N) is 1. The highest BCUT2D eigenvalue weighted by Gasteiger charge is 2.36. The minimum Gasteiger partial charge on any atom is -0.375 e. The monoisotopic (exact) mass is 195 g/mol. The first-order valence-corrected chi connectivity index (χ1v) is 5.91. The first-order chi connectivity index (χ1) is 6.49. The minimum absolute atomic E-state index is 0.531. The predicted octanol–water partition coefficient (Wildman–Crippen LogP) is 3.67. The predicted molar refractivity (Wildman–Crippen MR) is 63.2 cm³/mol. The largest absolute Gasteiger partial charge is 0.375 e. The van der Waals surface area contributed by atoms with Crippen LogP contribution in [0.1, 0.15) is 47.5 Å². The lowest BCUT2D eigenvalue weighted by atomic mass is 9.78. The Kier molecular flexibility index (Phi) is 3.63. The van der Waals surface area contributed by atoms with Gasteiger partial charge in [-0.05, 0) is 31.1 Å². The van der Waals surface area contributed by atoms with Gasteiger partial charge in [-0.25, -0.2) is 0 Å². The molecule has 0 N–H and O–H groups in total. The molecule has 0 spiro atoms. The number of likely N-dealkylation sites (tertiary alicyclic amines) is 1. The summed E-state index contributed by atoms with van der Waals surface area (Å²) in [5, 5.41) is 0. The van der Waals surface area contributed by atoms with Gasteiger partial charge >= 0.3 is 0 Å². The normalized spacial score (nSPS) is 29.0. The van der Waals surface area contributed by atoms with Crippen LogP contribution >= 0.6 is 0 Å².